The molecule has 11 heteroatoms. The number of aromatic amines is 1. The number of aliphatic hydroxyl groups is 3. The fraction of sp³-hybridized carbons (Fsp3) is 0.556. The van der Waals surface area contributed by atoms with Crippen LogP contribution in [0.15, 0.2) is 4.79 Å². The number of hydrogen-bond donors (Lipinski definition) is 5. The predicted octanol–water partition coefficient (Wildman–Crippen LogP) is -3.29. The fourth-order valence-electron chi connectivity index (χ4n) is 2.04. The molecule has 0 spiro atoms. The average Bonchev–Trinajstić information content (AvgIpc) is 2.91. The van der Waals surface area contributed by atoms with Gasteiger partial charge in [-0.2, -0.15) is 4.98 Å². The number of anilines is 1. The fourth-order valence-corrected chi connectivity index (χ4v) is 2.04. The molecule has 0 aromatic carbocycles. The molecule has 0 bridgehead atoms. The van der Waals surface area contributed by atoms with Crippen molar-refractivity contribution >= 4 is 17.1 Å². The van der Waals surface area contributed by atoms with Crippen LogP contribution >= 0.6 is 0 Å². The quantitative estimate of drug-likeness (QED) is 0.379. The van der Waals surface area contributed by atoms with E-state index < -0.39 is 36.7 Å². The zero-order valence-electron chi connectivity index (χ0n) is 11.0. The van der Waals surface area contributed by atoms with Crippen molar-refractivity contribution < 1.29 is 21.4 Å². The van der Waals surface area contributed by atoms with Gasteiger partial charge in [0.15, 0.2) is 11.7 Å². The lowest BCUT2D eigenvalue weighted by Crippen LogP contribution is -2.33. The second-order valence-corrected chi connectivity index (χ2v) is 4.22. The van der Waals surface area contributed by atoms with Gasteiger partial charge in [0.2, 0.25) is 11.6 Å². The molecule has 2 aromatic heterocycles. The number of aromatic nitrogens is 5. The first-order chi connectivity index (χ1) is 9.86. The molecular formula is C9H12N6O5. The summed E-state index contributed by atoms with van der Waals surface area (Å²) in [4.78, 5) is 17.9. The van der Waals surface area contributed by atoms with Crippen LogP contribution in [-0.4, -0.2) is 65.2 Å². The summed E-state index contributed by atoms with van der Waals surface area (Å²) >= 11 is 0. The summed E-state index contributed by atoms with van der Waals surface area (Å²) in [5.74, 6) is -0.155. The van der Waals surface area contributed by atoms with E-state index in [9.17, 15) is 15.0 Å². The highest BCUT2D eigenvalue weighted by Gasteiger charge is 2.44. The summed E-state index contributed by atoms with van der Waals surface area (Å²) in [5, 5.41) is 36.1. The number of fused-ring (bicyclic) bond motifs is 1. The largest absolute Gasteiger partial charge is 0.394 e. The van der Waals surface area contributed by atoms with Crippen LogP contribution < -0.4 is 11.3 Å². The number of hydrogen-bond acceptors (Lipinski definition) is 9. The van der Waals surface area contributed by atoms with Crippen LogP contribution in [0.3, 0.4) is 0 Å². The third-order valence-electron chi connectivity index (χ3n) is 2.97. The van der Waals surface area contributed by atoms with Crippen molar-refractivity contribution in [2.45, 2.75) is 24.5 Å². The molecule has 6 N–H and O–H groups in total. The highest BCUT2D eigenvalue weighted by Crippen LogP contribution is 2.29. The SMILES string of the molecule is [2H][C@@]1(O)[C@@H](CO)OC(n2nnc3nc(N)[nH]c(=O)c32)[C@@H]1O. The van der Waals surface area contributed by atoms with Crippen LogP contribution in [-0.2, 0) is 4.74 Å². The summed E-state index contributed by atoms with van der Waals surface area (Å²) in [6.07, 6.45) is -6.94. The van der Waals surface area contributed by atoms with Crippen LogP contribution in [0, 0.1) is 0 Å². The Labute approximate surface area is 112 Å². The molecule has 1 aliphatic rings. The van der Waals surface area contributed by atoms with Gasteiger partial charge in [-0.3, -0.25) is 9.78 Å². The topological polar surface area (TPSA) is 172 Å². The lowest BCUT2D eigenvalue weighted by molar-refractivity contribution is -0.0573. The van der Waals surface area contributed by atoms with Crippen LogP contribution in [0.4, 0.5) is 5.95 Å². The van der Waals surface area contributed by atoms with Crippen molar-refractivity contribution in [3.63, 3.8) is 0 Å². The molecule has 1 fully saturated rings. The number of nitrogens with one attached hydrogen (secondary N) is 1. The molecule has 1 saturated heterocycles. The summed E-state index contributed by atoms with van der Waals surface area (Å²) in [6.45, 7) is -0.693. The molecule has 11 nitrogen and oxygen atoms in total. The molecule has 0 aliphatic carbocycles. The van der Waals surface area contributed by atoms with Gasteiger partial charge >= 0.3 is 0 Å². The lowest BCUT2D eigenvalue weighted by atomic mass is 10.1. The maximum Gasteiger partial charge on any atom is 0.280 e. The van der Waals surface area contributed by atoms with Gasteiger partial charge in [-0.15, -0.1) is 5.10 Å². The molecule has 0 radical (unpaired) electrons. The normalized spacial score (nSPS) is 34.5. The van der Waals surface area contributed by atoms with Crippen molar-refractivity contribution in [2.24, 2.45) is 0 Å². The first-order valence-corrected chi connectivity index (χ1v) is 5.63. The summed E-state index contributed by atoms with van der Waals surface area (Å²) < 4.78 is 13.7. The van der Waals surface area contributed by atoms with E-state index in [4.69, 9.17) is 16.9 Å². The molecular weight excluding hydrogens is 272 g/mol. The van der Waals surface area contributed by atoms with Gasteiger partial charge in [0, 0.05) is 0 Å². The Kier molecular flexibility index (Phi) is 2.63. The maximum atomic E-state index is 11.9. The van der Waals surface area contributed by atoms with E-state index >= 15 is 0 Å². The molecule has 3 rings (SSSR count). The van der Waals surface area contributed by atoms with E-state index in [-0.39, 0.29) is 17.1 Å². The van der Waals surface area contributed by atoms with Gasteiger partial charge in [-0.25, -0.2) is 4.68 Å². The molecule has 108 valence electrons. The summed E-state index contributed by atoms with van der Waals surface area (Å²) in [6, 6.07) is 0. The second kappa shape index (κ2) is 4.49. The van der Waals surface area contributed by atoms with Gasteiger partial charge in [0.05, 0.1) is 7.98 Å². The van der Waals surface area contributed by atoms with Crippen LogP contribution in [0.5, 0.6) is 0 Å². The second-order valence-electron chi connectivity index (χ2n) is 4.22. The maximum absolute atomic E-state index is 11.9. The lowest BCUT2D eigenvalue weighted by Gasteiger charge is -2.14. The highest BCUT2D eigenvalue weighted by atomic mass is 16.6. The molecule has 1 aliphatic heterocycles. The minimum atomic E-state index is -2.45. The van der Waals surface area contributed by atoms with Gasteiger partial charge in [0.25, 0.3) is 5.56 Å². The minimum absolute atomic E-state index is 0.0759. The summed E-state index contributed by atoms with van der Waals surface area (Å²) in [5.41, 5.74) is 4.49. The number of nitrogen functional groups attached to an aromatic ring is 1. The number of ether oxygens (including phenoxy) is 1. The molecule has 0 saturated carbocycles. The first kappa shape index (κ1) is 11.7. The average molecular weight is 285 g/mol. The number of H-pyrrole nitrogens is 1. The van der Waals surface area contributed by atoms with Crippen molar-refractivity contribution in [3.8, 4) is 0 Å². The van der Waals surface area contributed by atoms with E-state index in [1.54, 1.807) is 0 Å². The highest BCUT2D eigenvalue weighted by molar-refractivity contribution is 5.69. The van der Waals surface area contributed by atoms with E-state index in [1.807, 2.05) is 0 Å². The molecule has 3 heterocycles. The van der Waals surface area contributed by atoms with Crippen molar-refractivity contribution in [3.05, 3.63) is 10.4 Å². The summed E-state index contributed by atoms with van der Waals surface area (Å²) in [7, 11) is 0. The van der Waals surface area contributed by atoms with Gasteiger partial charge in [0.1, 0.15) is 18.3 Å². The third-order valence-corrected chi connectivity index (χ3v) is 2.97. The third kappa shape index (κ3) is 1.76. The Hall–Kier alpha value is -2.08. The van der Waals surface area contributed by atoms with Gasteiger partial charge < -0.3 is 25.8 Å². The van der Waals surface area contributed by atoms with Crippen LogP contribution in [0.2, 0.25) is 0 Å². The number of nitrogens with two attached hydrogens (primary N) is 1. The van der Waals surface area contributed by atoms with Gasteiger partial charge in [-0.1, -0.05) is 5.21 Å². The molecule has 0 amide bonds. The van der Waals surface area contributed by atoms with E-state index in [0.29, 0.717) is 0 Å². The Morgan fingerprint density at radius 3 is 2.95 bits per heavy atom. The van der Waals surface area contributed by atoms with E-state index in [1.165, 1.54) is 0 Å². The molecule has 4 atom stereocenters. The molecule has 20 heavy (non-hydrogen) atoms. The van der Waals surface area contributed by atoms with E-state index in [2.05, 4.69) is 20.3 Å². The van der Waals surface area contributed by atoms with E-state index in [0.717, 1.165) is 4.68 Å². The number of rotatable bonds is 2. The first-order valence-electron chi connectivity index (χ1n) is 6.13. The molecule has 2 aromatic rings. The number of nitrogens with zero attached hydrogens (tertiary/aromatic N) is 4. The van der Waals surface area contributed by atoms with Crippen molar-refractivity contribution in [1.82, 2.24) is 25.0 Å². The van der Waals surface area contributed by atoms with Crippen LogP contribution in [0.1, 0.15) is 7.60 Å². The Morgan fingerprint density at radius 1 is 1.55 bits per heavy atom. The zero-order chi connectivity index (χ0) is 15.4. The predicted molar refractivity (Wildman–Crippen MR) is 63.4 cm³/mol. The standard InChI is InChI=1S/C9H12N6O5/c10-9-11-6-3(7(19)12-9)15(14-13-6)8-5(18)4(17)2(1-16)20-8/h2,4-5,8,16-18H,1H2,(H3,10,11,12,19)/t2-,4-,5-,8?/m1/s1/i4D. The smallest absolute Gasteiger partial charge is 0.280 e. The minimum Gasteiger partial charge on any atom is -0.394 e. The Morgan fingerprint density at radius 2 is 2.30 bits per heavy atom. The Balaban J connectivity index is 2.12. The monoisotopic (exact) mass is 285 g/mol. The number of aliphatic hydroxyl groups excluding tert-OH is 2. The Bertz CT molecular complexity index is 744. The van der Waals surface area contributed by atoms with Crippen molar-refractivity contribution in [2.75, 3.05) is 12.3 Å². The van der Waals surface area contributed by atoms with Crippen molar-refractivity contribution in [1.29, 1.82) is 0 Å². The van der Waals surface area contributed by atoms with Gasteiger partial charge in [-0.05, 0) is 0 Å². The molecule has 1 unspecified atom stereocenters. The van der Waals surface area contributed by atoms with Crippen LogP contribution in [0.25, 0.3) is 11.2 Å². The zero-order valence-corrected chi connectivity index (χ0v) is 9.96.